The number of carbonyl (C=O) groups is 1. The molecule has 5 rings (SSSR count). The summed E-state index contributed by atoms with van der Waals surface area (Å²) in [6.07, 6.45) is 2.36. The maximum absolute atomic E-state index is 13.9. The van der Waals surface area contributed by atoms with Gasteiger partial charge in [-0.3, -0.25) is 4.90 Å². The zero-order chi connectivity index (χ0) is 27.3. The molecule has 1 N–H and O–H groups in total. The molecule has 206 valence electrons. The fourth-order valence-corrected chi connectivity index (χ4v) is 7.31. The Balaban J connectivity index is 1.52. The summed E-state index contributed by atoms with van der Waals surface area (Å²) in [5, 5.41) is 3.52. The van der Waals surface area contributed by atoms with Crippen molar-refractivity contribution in [3.05, 3.63) is 59.7 Å². The second kappa shape index (κ2) is 9.55. The van der Waals surface area contributed by atoms with Gasteiger partial charge in [0.25, 0.3) is 0 Å². The van der Waals surface area contributed by atoms with Gasteiger partial charge in [0.05, 0.1) is 28.2 Å². The smallest absolute Gasteiger partial charge is 0.317 e. The monoisotopic (exact) mass is 549 g/mol. The van der Waals surface area contributed by atoms with Gasteiger partial charge in [-0.05, 0) is 75.3 Å². The minimum absolute atomic E-state index is 0.0227. The molecule has 6 nitrogen and oxygen atoms in total. The van der Waals surface area contributed by atoms with Crippen molar-refractivity contribution >= 4 is 21.6 Å². The van der Waals surface area contributed by atoms with E-state index in [0.29, 0.717) is 31.4 Å². The number of alkyl halides is 3. The highest BCUT2D eigenvalue weighted by molar-refractivity contribution is 7.90. The van der Waals surface area contributed by atoms with Crippen molar-refractivity contribution in [3.63, 3.8) is 0 Å². The Bertz CT molecular complexity index is 1300. The Morgan fingerprint density at radius 3 is 2.21 bits per heavy atom. The molecule has 1 heterocycles. The molecule has 2 aromatic carbocycles. The quantitative estimate of drug-likeness (QED) is 0.511. The van der Waals surface area contributed by atoms with Crippen molar-refractivity contribution in [1.82, 2.24) is 10.2 Å². The lowest BCUT2D eigenvalue weighted by Gasteiger charge is -2.49. The molecule has 38 heavy (non-hydrogen) atoms. The van der Waals surface area contributed by atoms with Crippen LogP contribution in [0.1, 0.15) is 56.1 Å². The molecule has 0 bridgehead atoms. The summed E-state index contributed by atoms with van der Waals surface area (Å²) in [4.78, 5) is 16.8. The third-order valence-electron chi connectivity index (χ3n) is 8.97. The van der Waals surface area contributed by atoms with Gasteiger partial charge in [-0.2, -0.15) is 13.2 Å². The number of benzene rings is 2. The molecule has 0 radical (unpaired) electrons. The Kier molecular flexibility index (Phi) is 6.79. The fourth-order valence-electron chi connectivity index (χ4n) is 6.41. The third-order valence-corrected chi connectivity index (χ3v) is 10.1. The highest BCUT2D eigenvalue weighted by Crippen LogP contribution is 2.49. The van der Waals surface area contributed by atoms with Gasteiger partial charge in [0.1, 0.15) is 0 Å². The van der Waals surface area contributed by atoms with Crippen LogP contribution in [0.5, 0.6) is 0 Å². The predicted molar refractivity (Wildman–Crippen MR) is 140 cm³/mol. The van der Waals surface area contributed by atoms with Crippen LogP contribution < -0.4 is 10.2 Å². The van der Waals surface area contributed by atoms with Crippen molar-refractivity contribution in [1.29, 1.82) is 0 Å². The van der Waals surface area contributed by atoms with E-state index >= 15 is 0 Å². The lowest BCUT2D eigenvalue weighted by molar-refractivity contribution is -0.137. The molecule has 2 amide bonds. The average Bonchev–Trinajstić information content (AvgIpc) is 3.12. The van der Waals surface area contributed by atoms with E-state index in [0.717, 1.165) is 50.5 Å². The summed E-state index contributed by atoms with van der Waals surface area (Å²) in [7, 11) is -2.09. The maximum Gasteiger partial charge on any atom is 0.416 e. The largest absolute Gasteiger partial charge is 0.416 e. The summed E-state index contributed by atoms with van der Waals surface area (Å²) in [5.74, 6) is 0.392. The van der Waals surface area contributed by atoms with Crippen molar-refractivity contribution in [2.75, 3.05) is 31.3 Å². The summed E-state index contributed by atoms with van der Waals surface area (Å²) in [6.45, 7) is 0.836. The van der Waals surface area contributed by atoms with Gasteiger partial charge < -0.3 is 10.2 Å². The van der Waals surface area contributed by atoms with Crippen molar-refractivity contribution in [2.45, 2.75) is 67.1 Å². The molecule has 2 saturated carbocycles. The minimum atomic E-state index is -4.69. The normalized spacial score (nSPS) is 26.7. The zero-order valence-electron chi connectivity index (χ0n) is 21.7. The average molecular weight is 550 g/mol. The molecule has 1 spiro atoms. The highest BCUT2D eigenvalue weighted by atomic mass is 32.2. The van der Waals surface area contributed by atoms with Gasteiger partial charge in [-0.1, -0.05) is 36.8 Å². The van der Waals surface area contributed by atoms with E-state index in [1.54, 1.807) is 0 Å². The second-order valence-electron chi connectivity index (χ2n) is 11.2. The minimum Gasteiger partial charge on any atom is -0.317 e. The Morgan fingerprint density at radius 1 is 1.03 bits per heavy atom. The van der Waals surface area contributed by atoms with Gasteiger partial charge in [-0.15, -0.1) is 0 Å². The molecule has 2 aliphatic carbocycles. The number of nitrogens with one attached hydrogen (secondary N) is 1. The number of halogens is 3. The van der Waals surface area contributed by atoms with Crippen molar-refractivity contribution in [2.24, 2.45) is 5.92 Å². The molecule has 0 atom stereocenters. The van der Waals surface area contributed by atoms with E-state index < -0.39 is 32.0 Å². The van der Waals surface area contributed by atoms with E-state index in [2.05, 4.69) is 17.4 Å². The van der Waals surface area contributed by atoms with Crippen molar-refractivity contribution < 1.29 is 26.4 Å². The number of amides is 2. The van der Waals surface area contributed by atoms with Gasteiger partial charge in [0.2, 0.25) is 0 Å². The van der Waals surface area contributed by atoms with Crippen LogP contribution in [0.3, 0.4) is 0 Å². The number of hydrogen-bond donors (Lipinski definition) is 1. The van der Waals surface area contributed by atoms with Gasteiger partial charge in [0, 0.05) is 18.3 Å². The molecule has 10 heteroatoms. The summed E-state index contributed by atoms with van der Waals surface area (Å²) in [6, 6.07) is 12.6. The Hall–Kier alpha value is -2.59. The van der Waals surface area contributed by atoms with Crippen LogP contribution in [-0.2, 0) is 21.6 Å². The van der Waals surface area contributed by atoms with Crippen LogP contribution in [0.15, 0.2) is 53.4 Å². The maximum atomic E-state index is 13.9. The molecule has 3 fully saturated rings. The van der Waals surface area contributed by atoms with Crippen LogP contribution in [0, 0.1) is 5.92 Å². The first-order chi connectivity index (χ1) is 17.9. The zero-order valence-corrected chi connectivity index (χ0v) is 22.5. The summed E-state index contributed by atoms with van der Waals surface area (Å²) >= 11 is 0. The molecule has 0 unspecified atom stereocenters. The van der Waals surface area contributed by atoms with Crippen LogP contribution >= 0.6 is 0 Å². The van der Waals surface area contributed by atoms with Crippen LogP contribution in [0.4, 0.5) is 23.7 Å². The Labute approximate surface area is 222 Å². The van der Waals surface area contributed by atoms with E-state index in [9.17, 15) is 26.4 Å². The number of nitrogens with zero attached hydrogens (tertiary/aromatic N) is 2. The number of anilines is 1. The molecule has 2 aromatic rings. The first kappa shape index (κ1) is 27.0. The van der Waals surface area contributed by atoms with Gasteiger partial charge in [-0.25, -0.2) is 13.2 Å². The van der Waals surface area contributed by atoms with Crippen LogP contribution in [0.2, 0.25) is 0 Å². The van der Waals surface area contributed by atoms with Crippen LogP contribution in [0.25, 0.3) is 0 Å². The van der Waals surface area contributed by atoms with Crippen LogP contribution in [-0.4, -0.2) is 51.3 Å². The topological polar surface area (TPSA) is 69.7 Å². The number of carbonyl (C=O) groups excluding carboxylic acids is 1. The van der Waals surface area contributed by atoms with E-state index in [-0.39, 0.29) is 23.8 Å². The Morgan fingerprint density at radius 2 is 1.68 bits per heavy atom. The molecular formula is C28H34F3N3O3S. The number of urea groups is 1. The number of rotatable bonds is 6. The standard InChI is InChI=1S/C28H34F3N3O3S/c1-32-27(21-9-4-3-5-10-21)15-13-26(14-16-27)19-33(25(35)34(26)18-20-7-6-8-20)23-12-11-22(28(29,30)31)17-24(23)38(2,36)37/h3-5,9-12,17,20,32H,6-8,13-16,18-19H2,1-2H3. The van der Waals surface area contributed by atoms with Crippen molar-refractivity contribution in [3.8, 4) is 0 Å². The molecular weight excluding hydrogens is 515 g/mol. The molecule has 3 aliphatic rings. The van der Waals surface area contributed by atoms with E-state index in [4.69, 9.17) is 0 Å². The summed E-state index contributed by atoms with van der Waals surface area (Å²) < 4.78 is 65.6. The molecule has 1 saturated heterocycles. The lowest BCUT2D eigenvalue weighted by Crippen LogP contribution is -2.56. The predicted octanol–water partition coefficient (Wildman–Crippen LogP) is 5.58. The molecule has 1 aliphatic heterocycles. The number of sulfone groups is 1. The number of hydrogen-bond acceptors (Lipinski definition) is 4. The lowest BCUT2D eigenvalue weighted by atomic mass is 9.68. The first-order valence-corrected chi connectivity index (χ1v) is 15.0. The molecule has 0 aromatic heterocycles. The second-order valence-corrected chi connectivity index (χ2v) is 13.1. The van der Waals surface area contributed by atoms with E-state index in [1.165, 1.54) is 10.5 Å². The van der Waals surface area contributed by atoms with Gasteiger partial charge in [0.15, 0.2) is 9.84 Å². The third kappa shape index (κ3) is 4.70. The van der Waals surface area contributed by atoms with Gasteiger partial charge >= 0.3 is 12.2 Å². The summed E-state index contributed by atoms with van der Waals surface area (Å²) in [5.41, 5.74) is -0.592. The first-order valence-electron chi connectivity index (χ1n) is 13.1. The SMILES string of the molecule is CNC1(c2ccccc2)CCC2(CC1)CN(c1ccc(C(F)(F)F)cc1S(C)(=O)=O)C(=O)N2CC1CCC1. The fraction of sp³-hybridized carbons (Fsp3) is 0.536. The van der Waals surface area contributed by atoms with E-state index in [1.807, 2.05) is 30.1 Å². The highest BCUT2D eigenvalue weighted by Gasteiger charge is 2.55.